The Morgan fingerprint density at radius 1 is 1.20 bits per heavy atom. The molecule has 3 aromatic rings. The molecule has 1 saturated carbocycles. The van der Waals surface area contributed by atoms with Gasteiger partial charge in [0.05, 0.1) is 22.7 Å². The van der Waals surface area contributed by atoms with Crippen molar-refractivity contribution in [3.8, 4) is 16.7 Å². The monoisotopic (exact) mass is 371 g/mol. The van der Waals surface area contributed by atoms with Crippen LogP contribution in [0, 0.1) is 11.3 Å². The van der Waals surface area contributed by atoms with Crippen LogP contribution in [0.1, 0.15) is 30.2 Å². The van der Waals surface area contributed by atoms with Gasteiger partial charge < -0.3 is 4.42 Å². The molecule has 0 unspecified atom stereocenters. The molecule has 0 saturated heterocycles. The summed E-state index contributed by atoms with van der Waals surface area (Å²) in [7, 11) is -3.69. The first-order valence-electron chi connectivity index (χ1n) is 7.64. The molecular formula is C17H13N3O3S2. The van der Waals surface area contributed by atoms with Crippen molar-refractivity contribution in [1.29, 1.82) is 5.26 Å². The second-order valence-corrected chi connectivity index (χ2v) is 8.74. The van der Waals surface area contributed by atoms with E-state index < -0.39 is 10.0 Å². The lowest BCUT2D eigenvalue weighted by molar-refractivity contribution is 0.510. The van der Waals surface area contributed by atoms with E-state index in [9.17, 15) is 8.42 Å². The number of rotatable bonds is 5. The zero-order chi connectivity index (χ0) is 17.4. The van der Waals surface area contributed by atoms with Gasteiger partial charge in [-0.05, 0) is 49.2 Å². The zero-order valence-corrected chi connectivity index (χ0v) is 14.6. The quantitative estimate of drug-likeness (QED) is 0.732. The number of nitriles is 1. The van der Waals surface area contributed by atoms with Crippen molar-refractivity contribution in [2.24, 2.45) is 0 Å². The van der Waals surface area contributed by atoms with Gasteiger partial charge in [0.25, 0.3) is 10.0 Å². The number of nitrogens with one attached hydrogen (secondary N) is 1. The number of anilines is 1. The lowest BCUT2D eigenvalue weighted by atomic mass is 10.2. The van der Waals surface area contributed by atoms with Crippen molar-refractivity contribution in [3.05, 3.63) is 54.0 Å². The highest BCUT2D eigenvalue weighted by molar-refractivity contribution is 7.94. The van der Waals surface area contributed by atoms with Gasteiger partial charge in [-0.1, -0.05) is 0 Å². The van der Waals surface area contributed by atoms with Crippen molar-refractivity contribution in [3.63, 3.8) is 0 Å². The molecule has 0 spiro atoms. The number of sulfonamides is 1. The van der Waals surface area contributed by atoms with Gasteiger partial charge in [-0.25, -0.2) is 13.4 Å². The van der Waals surface area contributed by atoms with Crippen LogP contribution in [-0.4, -0.2) is 13.4 Å². The molecule has 25 heavy (non-hydrogen) atoms. The Bertz CT molecular complexity index is 1060. The van der Waals surface area contributed by atoms with Gasteiger partial charge in [0, 0.05) is 11.6 Å². The summed E-state index contributed by atoms with van der Waals surface area (Å²) in [5.41, 5.74) is 0.878. The fourth-order valence-corrected chi connectivity index (χ4v) is 4.65. The van der Waals surface area contributed by atoms with Gasteiger partial charge in [-0.2, -0.15) is 5.26 Å². The number of hydrogen-bond donors (Lipinski definition) is 1. The molecule has 0 radical (unpaired) electrons. The summed E-state index contributed by atoms with van der Waals surface area (Å²) >= 11 is 1.13. The number of nitrogens with zero attached hydrogens (tertiary/aromatic N) is 2. The summed E-state index contributed by atoms with van der Waals surface area (Å²) in [6, 6.07) is 11.5. The molecule has 1 aliphatic carbocycles. The van der Waals surface area contributed by atoms with Crippen molar-refractivity contribution in [2.75, 3.05) is 4.72 Å². The Morgan fingerprint density at radius 3 is 2.64 bits per heavy atom. The third-order valence-corrected chi connectivity index (χ3v) is 6.78. The molecule has 2 aromatic heterocycles. The molecule has 0 bridgehead atoms. The number of benzene rings is 1. The SMILES string of the molecule is N#Cc1ccc(NS(=O)(=O)c2ccc(-c3cnc(C4CC4)o3)s2)cc1. The lowest BCUT2D eigenvalue weighted by Crippen LogP contribution is -2.11. The van der Waals surface area contributed by atoms with Crippen molar-refractivity contribution in [2.45, 2.75) is 23.0 Å². The molecular weight excluding hydrogens is 358 g/mol. The van der Waals surface area contributed by atoms with Crippen LogP contribution >= 0.6 is 11.3 Å². The molecule has 1 N–H and O–H groups in total. The van der Waals surface area contributed by atoms with E-state index >= 15 is 0 Å². The highest BCUT2D eigenvalue weighted by Gasteiger charge is 2.29. The number of aromatic nitrogens is 1. The maximum absolute atomic E-state index is 12.5. The van der Waals surface area contributed by atoms with Crippen molar-refractivity contribution >= 4 is 27.0 Å². The minimum Gasteiger partial charge on any atom is -0.440 e. The van der Waals surface area contributed by atoms with Crippen LogP contribution in [0.3, 0.4) is 0 Å². The Morgan fingerprint density at radius 2 is 1.96 bits per heavy atom. The average molecular weight is 371 g/mol. The van der Waals surface area contributed by atoms with Gasteiger partial charge in [-0.15, -0.1) is 11.3 Å². The maximum Gasteiger partial charge on any atom is 0.271 e. The Kier molecular flexibility index (Phi) is 3.82. The van der Waals surface area contributed by atoms with E-state index in [-0.39, 0.29) is 4.21 Å². The van der Waals surface area contributed by atoms with Crippen LogP contribution < -0.4 is 4.72 Å². The summed E-state index contributed by atoms with van der Waals surface area (Å²) in [5, 5.41) is 8.79. The predicted molar refractivity (Wildman–Crippen MR) is 93.8 cm³/mol. The molecule has 8 heteroatoms. The molecule has 1 aliphatic rings. The number of oxazole rings is 1. The standard InChI is InChI=1S/C17H13N3O3S2/c18-9-11-1-5-13(6-2-11)20-25(21,22)16-8-7-15(24-16)14-10-19-17(23-14)12-3-4-12/h1-2,5-8,10,12,20H,3-4H2. The molecule has 126 valence electrons. The molecule has 0 aliphatic heterocycles. The van der Waals surface area contributed by atoms with E-state index in [4.69, 9.17) is 9.68 Å². The van der Waals surface area contributed by atoms with E-state index in [0.717, 1.165) is 34.9 Å². The Labute approximate surface area is 148 Å². The van der Waals surface area contributed by atoms with Gasteiger partial charge in [0.15, 0.2) is 11.7 Å². The van der Waals surface area contributed by atoms with E-state index in [1.165, 1.54) is 0 Å². The van der Waals surface area contributed by atoms with Crippen LogP contribution in [0.4, 0.5) is 5.69 Å². The van der Waals surface area contributed by atoms with Crippen molar-refractivity contribution < 1.29 is 12.8 Å². The number of thiophene rings is 1. The topological polar surface area (TPSA) is 96.0 Å². The highest BCUT2D eigenvalue weighted by Crippen LogP contribution is 2.41. The summed E-state index contributed by atoms with van der Waals surface area (Å²) in [4.78, 5) is 4.98. The zero-order valence-electron chi connectivity index (χ0n) is 13.0. The maximum atomic E-state index is 12.5. The van der Waals surface area contributed by atoms with Crippen molar-refractivity contribution in [1.82, 2.24) is 4.98 Å². The predicted octanol–water partition coefficient (Wildman–Crippen LogP) is 3.95. The van der Waals surface area contributed by atoms with Crippen LogP contribution in [-0.2, 0) is 10.0 Å². The molecule has 0 amide bonds. The fraction of sp³-hybridized carbons (Fsp3) is 0.176. The smallest absolute Gasteiger partial charge is 0.271 e. The first kappa shape index (κ1) is 15.9. The molecule has 1 aromatic carbocycles. The fourth-order valence-electron chi connectivity index (χ4n) is 2.34. The number of hydrogen-bond acceptors (Lipinski definition) is 6. The summed E-state index contributed by atoms with van der Waals surface area (Å²) in [6.45, 7) is 0. The van der Waals surface area contributed by atoms with Crippen LogP contribution in [0.25, 0.3) is 10.6 Å². The van der Waals surface area contributed by atoms with E-state index in [1.54, 1.807) is 42.6 Å². The first-order valence-corrected chi connectivity index (χ1v) is 9.94. The first-order chi connectivity index (χ1) is 12.0. The Balaban J connectivity index is 1.55. The highest BCUT2D eigenvalue weighted by atomic mass is 32.2. The van der Waals surface area contributed by atoms with E-state index in [1.807, 2.05) is 6.07 Å². The second kappa shape index (κ2) is 6.02. The Hall–Kier alpha value is -2.63. The van der Waals surface area contributed by atoms with Gasteiger partial charge >= 0.3 is 0 Å². The molecule has 2 heterocycles. The van der Waals surface area contributed by atoms with Gasteiger partial charge in [0.1, 0.15) is 4.21 Å². The second-order valence-electron chi connectivity index (χ2n) is 5.75. The minimum absolute atomic E-state index is 0.191. The summed E-state index contributed by atoms with van der Waals surface area (Å²) in [6.07, 6.45) is 3.83. The summed E-state index contributed by atoms with van der Waals surface area (Å²) in [5.74, 6) is 1.73. The molecule has 6 nitrogen and oxygen atoms in total. The molecule has 4 rings (SSSR count). The van der Waals surface area contributed by atoms with E-state index in [2.05, 4.69) is 9.71 Å². The third kappa shape index (κ3) is 3.29. The average Bonchev–Trinajstić information content (AvgIpc) is 3.12. The third-order valence-electron chi connectivity index (χ3n) is 3.81. The summed E-state index contributed by atoms with van der Waals surface area (Å²) < 4.78 is 33.4. The van der Waals surface area contributed by atoms with Crippen LogP contribution in [0.2, 0.25) is 0 Å². The minimum atomic E-state index is -3.69. The molecule has 1 fully saturated rings. The normalized spacial score (nSPS) is 14.2. The lowest BCUT2D eigenvalue weighted by Gasteiger charge is -2.05. The van der Waals surface area contributed by atoms with Crippen LogP contribution in [0.5, 0.6) is 0 Å². The van der Waals surface area contributed by atoms with Crippen LogP contribution in [0.15, 0.2) is 51.2 Å². The van der Waals surface area contributed by atoms with Gasteiger partial charge in [0.2, 0.25) is 0 Å². The van der Waals surface area contributed by atoms with Gasteiger partial charge in [-0.3, -0.25) is 4.72 Å². The van der Waals surface area contributed by atoms with E-state index in [0.29, 0.717) is 22.9 Å². The largest absolute Gasteiger partial charge is 0.440 e. The molecule has 0 atom stereocenters.